The van der Waals surface area contributed by atoms with Crippen LogP contribution in [-0.2, 0) is 22.8 Å². The van der Waals surface area contributed by atoms with Crippen molar-refractivity contribution < 1.29 is 27.9 Å². The van der Waals surface area contributed by atoms with E-state index in [1.54, 1.807) is 0 Å². The molecule has 0 aromatic rings. The Labute approximate surface area is 371 Å². The van der Waals surface area contributed by atoms with Gasteiger partial charge in [-0.05, 0) is 86.5 Å². The summed E-state index contributed by atoms with van der Waals surface area (Å²) < 4.78 is 36.4. The second-order valence-corrected chi connectivity index (χ2v) is 38.0. The molecule has 0 radical (unpaired) electrons. The highest BCUT2D eigenvalue weighted by Gasteiger charge is 2.52. The lowest BCUT2D eigenvalue weighted by Crippen LogP contribution is -2.49. The third kappa shape index (κ3) is 19.2. The van der Waals surface area contributed by atoms with E-state index >= 15 is 0 Å². The molecule has 59 heavy (non-hydrogen) atoms. The van der Waals surface area contributed by atoms with Crippen LogP contribution in [0.3, 0.4) is 0 Å². The van der Waals surface area contributed by atoms with Crippen molar-refractivity contribution in [2.24, 2.45) is 0 Å². The molecule has 0 aromatic heterocycles. The minimum absolute atomic E-state index is 0.000490. The molecule has 6 nitrogen and oxygen atoms in total. The summed E-state index contributed by atoms with van der Waals surface area (Å²) in [4.78, 5) is 0. The van der Waals surface area contributed by atoms with Crippen molar-refractivity contribution in [1.29, 1.82) is 0 Å². The van der Waals surface area contributed by atoms with E-state index in [0.29, 0.717) is 0 Å². The molecule has 0 aliphatic carbocycles. The van der Waals surface area contributed by atoms with Gasteiger partial charge < -0.3 is 27.9 Å². The number of aliphatic hydroxyl groups excluding tert-OH is 1. The summed E-state index contributed by atoms with van der Waals surface area (Å²) in [6, 6.07) is 0. The number of hydrogen-bond donors (Lipinski definition) is 1. The van der Waals surface area contributed by atoms with Crippen LogP contribution in [0.5, 0.6) is 0 Å². The predicted molar refractivity (Wildman–Crippen MR) is 262 cm³/mol. The van der Waals surface area contributed by atoms with Crippen molar-refractivity contribution in [2.45, 2.75) is 314 Å². The maximum Gasteiger partial charge on any atom is 0.192 e. The van der Waals surface area contributed by atoms with Crippen LogP contribution in [0.1, 0.15) is 217 Å². The molecule has 0 saturated carbocycles. The zero-order valence-corrected chi connectivity index (χ0v) is 45.5. The van der Waals surface area contributed by atoms with E-state index in [9.17, 15) is 5.11 Å². The van der Waals surface area contributed by atoms with Crippen molar-refractivity contribution in [3.8, 4) is 0 Å². The summed E-state index contributed by atoms with van der Waals surface area (Å²) in [5.41, 5.74) is 0. The van der Waals surface area contributed by atoms with Crippen molar-refractivity contribution >= 4 is 25.0 Å². The van der Waals surface area contributed by atoms with Crippen LogP contribution in [0.25, 0.3) is 0 Å². The molecule has 0 aromatic carbocycles. The molecule has 0 bridgehead atoms. The van der Waals surface area contributed by atoms with Crippen LogP contribution in [-0.4, -0.2) is 79.4 Å². The maximum atomic E-state index is 9.48. The molecule has 2 fully saturated rings. The molecule has 0 unspecified atom stereocenters. The van der Waals surface area contributed by atoms with Gasteiger partial charge in [-0.1, -0.05) is 178 Å². The van der Waals surface area contributed by atoms with E-state index < -0.39 is 25.0 Å². The Bertz CT molecular complexity index is 1110. The highest BCUT2D eigenvalue weighted by Crippen LogP contribution is 2.46. The minimum atomic E-state index is -2.09. The first-order valence-electron chi connectivity index (χ1n) is 25.3. The molecule has 0 spiro atoms. The minimum Gasteiger partial charge on any atom is -0.411 e. The first-order chi connectivity index (χ1) is 27.4. The fraction of sp³-hybridized carbons (Fsp3) is 1.00. The smallest absolute Gasteiger partial charge is 0.192 e. The number of unbranched alkanes of at least 4 members (excludes halogenated alkanes) is 16. The van der Waals surface area contributed by atoms with Crippen LogP contribution < -0.4 is 0 Å². The highest BCUT2D eigenvalue weighted by atomic mass is 28.4. The summed E-state index contributed by atoms with van der Waals surface area (Å²) in [5.74, 6) is 0. The lowest BCUT2D eigenvalue weighted by molar-refractivity contribution is -0.120. The Hall–Kier alpha value is 0.411. The summed E-state index contributed by atoms with van der Waals surface area (Å²) in [7, 11) is -6.16. The number of ether oxygens (including phenoxy) is 2. The summed E-state index contributed by atoms with van der Waals surface area (Å²) >= 11 is 0. The number of aliphatic hydroxyl groups is 1. The largest absolute Gasteiger partial charge is 0.411 e. The Morgan fingerprint density at radius 2 is 0.898 bits per heavy atom. The van der Waals surface area contributed by atoms with Crippen molar-refractivity contribution in [3.05, 3.63) is 0 Å². The molecule has 2 saturated heterocycles. The van der Waals surface area contributed by atoms with E-state index in [1.165, 1.54) is 96.3 Å². The van der Waals surface area contributed by atoms with Gasteiger partial charge in [-0.25, -0.2) is 0 Å². The highest BCUT2D eigenvalue weighted by molar-refractivity contribution is 6.75. The summed E-state index contributed by atoms with van der Waals surface area (Å²) in [6.45, 7) is 38.0. The predicted octanol–water partition coefficient (Wildman–Crippen LogP) is 15.7. The maximum absolute atomic E-state index is 9.48. The third-order valence-electron chi connectivity index (χ3n) is 15.4. The van der Waals surface area contributed by atoms with Gasteiger partial charge in [0.15, 0.2) is 25.0 Å². The van der Waals surface area contributed by atoms with Crippen LogP contribution in [0.15, 0.2) is 0 Å². The van der Waals surface area contributed by atoms with Gasteiger partial charge in [0, 0.05) is 13.0 Å². The van der Waals surface area contributed by atoms with Gasteiger partial charge in [0.2, 0.25) is 0 Å². The van der Waals surface area contributed by atoms with E-state index in [0.717, 1.165) is 51.4 Å². The number of rotatable bonds is 30. The summed E-state index contributed by atoms with van der Waals surface area (Å²) in [5, 5.41) is 9.85. The lowest BCUT2D eigenvalue weighted by atomic mass is 9.99. The van der Waals surface area contributed by atoms with Gasteiger partial charge in [-0.3, -0.25) is 0 Å². The SMILES string of the molecule is CCCCCCCCCCCCCCCCC[C@H](O[Si](C)(C)C(C)(C)C)[C@@H]1C[C@@H](O[Si](C)(C)C(C)(C)C)[C@@H]([C@@H]2CC[C@@H]([C@@H](CCCCCO)O[Si](C)(C)C(C)(C)C)O2)O1. The zero-order valence-electron chi connectivity index (χ0n) is 42.5. The molecule has 2 aliphatic heterocycles. The van der Waals surface area contributed by atoms with Crippen LogP contribution in [0, 0.1) is 0 Å². The molecule has 1 N–H and O–H groups in total. The first-order valence-corrected chi connectivity index (χ1v) is 34.0. The van der Waals surface area contributed by atoms with Gasteiger partial charge in [0.1, 0.15) is 6.10 Å². The normalized spacial score (nSPS) is 23.6. The van der Waals surface area contributed by atoms with Gasteiger partial charge in [-0.15, -0.1) is 0 Å². The Kier molecular flexibility index (Phi) is 24.3. The molecule has 352 valence electrons. The average Bonchev–Trinajstić information content (AvgIpc) is 3.76. The topological polar surface area (TPSA) is 66.4 Å². The molecule has 0 amide bonds. The van der Waals surface area contributed by atoms with E-state index in [2.05, 4.69) is 109 Å². The standard InChI is InChI=1S/C50H104O6Si3/c1-17-18-19-20-21-22-23-24-25-26-27-28-29-30-32-36-43(55-58(13,14)49(5,6)7)45-40-46(56-59(15,16)50(8,9)10)47(53-45)44-38-37-41(52-44)42(35-33-31-34-39-51)54-57(11,12)48(2,3)4/h41-47,51H,17-40H2,1-16H3/t41-,42+,43-,44-,45-,46+,47+/m0/s1. The molecular weight excluding hydrogens is 781 g/mol. The molecule has 2 aliphatic rings. The van der Waals surface area contributed by atoms with Crippen molar-refractivity contribution in [3.63, 3.8) is 0 Å². The average molecular weight is 886 g/mol. The fourth-order valence-corrected chi connectivity index (χ4v) is 12.4. The Balaban J connectivity index is 2.17. The molecular formula is C50H104O6Si3. The van der Waals surface area contributed by atoms with Crippen LogP contribution in [0.2, 0.25) is 54.4 Å². The molecule has 2 rings (SSSR count). The van der Waals surface area contributed by atoms with Crippen molar-refractivity contribution in [1.82, 2.24) is 0 Å². The van der Waals surface area contributed by atoms with Crippen LogP contribution >= 0.6 is 0 Å². The lowest BCUT2D eigenvalue weighted by Gasteiger charge is -2.41. The van der Waals surface area contributed by atoms with Crippen molar-refractivity contribution in [2.75, 3.05) is 6.61 Å². The van der Waals surface area contributed by atoms with Gasteiger partial charge in [0.25, 0.3) is 0 Å². The Morgan fingerprint density at radius 1 is 0.508 bits per heavy atom. The van der Waals surface area contributed by atoms with Gasteiger partial charge >= 0.3 is 0 Å². The third-order valence-corrected chi connectivity index (χ3v) is 29.0. The number of hydrogen-bond acceptors (Lipinski definition) is 6. The van der Waals surface area contributed by atoms with E-state index in [-0.39, 0.29) is 64.4 Å². The first kappa shape index (κ1) is 55.5. The van der Waals surface area contributed by atoms with Gasteiger partial charge in [0.05, 0.1) is 36.6 Å². The van der Waals surface area contributed by atoms with Crippen LogP contribution in [0.4, 0.5) is 0 Å². The van der Waals surface area contributed by atoms with E-state index in [1.807, 2.05) is 0 Å². The molecule has 7 atom stereocenters. The summed E-state index contributed by atoms with van der Waals surface area (Å²) in [6.07, 6.45) is 28.6. The van der Waals surface area contributed by atoms with Gasteiger partial charge in [-0.2, -0.15) is 0 Å². The molecule has 9 heteroatoms. The monoisotopic (exact) mass is 885 g/mol. The molecule has 2 heterocycles. The quantitative estimate of drug-likeness (QED) is 0.0573. The second kappa shape index (κ2) is 25.8. The zero-order chi connectivity index (χ0) is 44.5. The van der Waals surface area contributed by atoms with E-state index in [4.69, 9.17) is 22.8 Å². The second-order valence-electron chi connectivity index (χ2n) is 23.7. The Morgan fingerprint density at radius 3 is 1.31 bits per heavy atom. The fourth-order valence-electron chi connectivity index (χ4n) is 8.25.